The van der Waals surface area contributed by atoms with Gasteiger partial charge in [-0.1, -0.05) is 38.3 Å². The third-order valence-electron chi connectivity index (χ3n) is 10.1. The minimum absolute atomic E-state index is 0.000935. The molecule has 1 aromatic heterocycles. The Kier molecular flexibility index (Phi) is 6.65. The van der Waals surface area contributed by atoms with E-state index in [4.69, 9.17) is 4.98 Å². The molecule has 6 heteroatoms. The van der Waals surface area contributed by atoms with E-state index in [1.807, 2.05) is 31.2 Å². The fourth-order valence-electron chi connectivity index (χ4n) is 8.47. The fourth-order valence-corrected chi connectivity index (χ4v) is 8.47. The Morgan fingerprint density at radius 3 is 2.33 bits per heavy atom. The van der Waals surface area contributed by atoms with Crippen LogP contribution in [0.3, 0.4) is 0 Å². The van der Waals surface area contributed by atoms with Crippen molar-refractivity contribution in [3.63, 3.8) is 0 Å². The molecule has 5 unspecified atom stereocenters. The molecule has 0 spiro atoms. The van der Waals surface area contributed by atoms with Crippen molar-refractivity contribution in [1.29, 1.82) is 0 Å². The predicted octanol–water partition coefficient (Wildman–Crippen LogP) is 5.58. The van der Waals surface area contributed by atoms with Crippen molar-refractivity contribution in [2.75, 3.05) is 0 Å². The summed E-state index contributed by atoms with van der Waals surface area (Å²) in [4.78, 5) is 33.0. The monoisotopic (exact) mass is 491 g/mol. The summed E-state index contributed by atoms with van der Waals surface area (Å²) in [5.74, 6) is 0.660. The standard InChI is InChI=1S/C30H41N3O3/c1-2-21(30(35)36)10-13-27-29(34)33(28-9-4-3-8-26(28)31-27)25-17-22-11-12-23(18-25)32(22)24-15-19-6-5-7-20(14-19)16-24/h3-4,8-9,19-25H,2,5-7,10-18H2,1H3,(H,35,36)/t19?,20?,21?,22-,23?,24?,25?/m1/s1. The molecule has 2 aliphatic carbocycles. The van der Waals surface area contributed by atoms with Crippen LogP contribution in [0.4, 0.5) is 0 Å². The Balaban J connectivity index is 1.27. The smallest absolute Gasteiger partial charge is 0.306 e. The van der Waals surface area contributed by atoms with E-state index in [1.165, 1.54) is 51.4 Å². The van der Waals surface area contributed by atoms with Crippen molar-refractivity contribution in [2.24, 2.45) is 17.8 Å². The van der Waals surface area contributed by atoms with E-state index >= 15 is 0 Å². The number of aryl methyl sites for hydroxylation is 1. The number of aliphatic carboxylic acids is 1. The Morgan fingerprint density at radius 2 is 1.67 bits per heavy atom. The molecule has 2 saturated heterocycles. The summed E-state index contributed by atoms with van der Waals surface area (Å²) in [6.45, 7) is 1.90. The molecule has 6 atom stereocenters. The van der Waals surface area contributed by atoms with Gasteiger partial charge in [-0.2, -0.15) is 0 Å². The van der Waals surface area contributed by atoms with Crippen LogP contribution in [0, 0.1) is 17.8 Å². The van der Waals surface area contributed by atoms with Gasteiger partial charge >= 0.3 is 5.97 Å². The number of para-hydroxylation sites is 2. The molecule has 6 rings (SSSR count). The maximum Gasteiger partial charge on any atom is 0.306 e. The molecule has 1 N–H and O–H groups in total. The average Bonchev–Trinajstić information content (AvgIpc) is 3.13. The molecule has 3 heterocycles. The van der Waals surface area contributed by atoms with Crippen LogP contribution in [0.2, 0.25) is 0 Å². The van der Waals surface area contributed by atoms with Gasteiger partial charge < -0.3 is 9.67 Å². The summed E-state index contributed by atoms with van der Waals surface area (Å²) >= 11 is 0. The molecule has 0 radical (unpaired) electrons. The first-order valence-corrected chi connectivity index (χ1v) is 14.5. The molecule has 2 aliphatic heterocycles. The van der Waals surface area contributed by atoms with E-state index in [-0.39, 0.29) is 11.6 Å². The number of hydrogen-bond donors (Lipinski definition) is 1. The van der Waals surface area contributed by atoms with Gasteiger partial charge in [0.05, 0.1) is 17.0 Å². The molecule has 2 saturated carbocycles. The van der Waals surface area contributed by atoms with E-state index in [9.17, 15) is 14.7 Å². The number of hydrogen-bond acceptors (Lipinski definition) is 4. The van der Waals surface area contributed by atoms with Crippen LogP contribution < -0.4 is 5.56 Å². The van der Waals surface area contributed by atoms with Crippen LogP contribution in [0.15, 0.2) is 29.1 Å². The van der Waals surface area contributed by atoms with Gasteiger partial charge in [0.1, 0.15) is 5.69 Å². The van der Waals surface area contributed by atoms with Gasteiger partial charge in [-0.25, -0.2) is 4.98 Å². The number of piperidine rings is 1. The number of fused-ring (bicyclic) bond motifs is 5. The number of rotatable bonds is 7. The van der Waals surface area contributed by atoms with Gasteiger partial charge in [0.15, 0.2) is 0 Å². The highest BCUT2D eigenvalue weighted by atomic mass is 16.4. The lowest BCUT2D eigenvalue weighted by molar-refractivity contribution is -0.142. The van der Waals surface area contributed by atoms with Crippen molar-refractivity contribution >= 4 is 17.0 Å². The largest absolute Gasteiger partial charge is 0.481 e. The van der Waals surface area contributed by atoms with E-state index in [2.05, 4.69) is 9.47 Å². The summed E-state index contributed by atoms with van der Waals surface area (Å²) < 4.78 is 2.05. The van der Waals surface area contributed by atoms with Gasteiger partial charge in [-0.15, -0.1) is 0 Å². The zero-order valence-electron chi connectivity index (χ0n) is 21.6. The zero-order chi connectivity index (χ0) is 24.8. The highest BCUT2D eigenvalue weighted by molar-refractivity contribution is 5.75. The minimum atomic E-state index is -0.783. The Hall–Kier alpha value is -2.21. The summed E-state index contributed by atoms with van der Waals surface area (Å²) in [6, 6.07) is 10.1. The summed E-state index contributed by atoms with van der Waals surface area (Å²) in [5.41, 5.74) is 2.31. The summed E-state index contributed by atoms with van der Waals surface area (Å²) in [5, 5.41) is 9.49. The number of aromatic nitrogens is 2. The van der Waals surface area contributed by atoms with Gasteiger partial charge in [-0.3, -0.25) is 14.5 Å². The van der Waals surface area contributed by atoms with Crippen molar-refractivity contribution in [3.05, 3.63) is 40.3 Å². The second-order valence-corrected chi connectivity index (χ2v) is 12.2. The van der Waals surface area contributed by atoms with Gasteiger partial charge in [0.25, 0.3) is 5.56 Å². The van der Waals surface area contributed by atoms with Crippen molar-refractivity contribution in [3.8, 4) is 0 Å². The normalized spacial score (nSPS) is 33.0. The van der Waals surface area contributed by atoms with Crippen LogP contribution in [0.25, 0.3) is 11.0 Å². The third-order valence-corrected chi connectivity index (χ3v) is 10.1. The van der Waals surface area contributed by atoms with E-state index in [0.717, 1.165) is 41.8 Å². The van der Waals surface area contributed by atoms with Crippen molar-refractivity contribution < 1.29 is 9.90 Å². The minimum Gasteiger partial charge on any atom is -0.481 e. The fraction of sp³-hybridized carbons (Fsp3) is 0.700. The zero-order valence-corrected chi connectivity index (χ0v) is 21.6. The molecule has 194 valence electrons. The summed E-state index contributed by atoms with van der Waals surface area (Å²) in [6.07, 6.45) is 14.6. The van der Waals surface area contributed by atoms with Crippen molar-refractivity contribution in [2.45, 2.75) is 115 Å². The number of benzene rings is 1. The lowest BCUT2D eigenvalue weighted by atomic mass is 9.69. The molecular weight excluding hydrogens is 450 g/mol. The maximum atomic E-state index is 13.8. The van der Waals surface area contributed by atoms with Crippen LogP contribution >= 0.6 is 0 Å². The molecule has 1 aromatic carbocycles. The maximum absolute atomic E-state index is 13.8. The third kappa shape index (κ3) is 4.40. The van der Waals surface area contributed by atoms with Gasteiger partial charge in [-0.05, 0) is 88.2 Å². The molecule has 36 heavy (non-hydrogen) atoms. The Labute approximate surface area is 214 Å². The van der Waals surface area contributed by atoms with Crippen molar-refractivity contribution in [1.82, 2.24) is 14.5 Å². The van der Waals surface area contributed by atoms with Gasteiger partial charge in [0.2, 0.25) is 0 Å². The predicted molar refractivity (Wildman–Crippen MR) is 141 cm³/mol. The molecule has 4 bridgehead atoms. The molecule has 4 fully saturated rings. The quantitative estimate of drug-likeness (QED) is 0.547. The first-order chi connectivity index (χ1) is 17.5. The van der Waals surface area contributed by atoms with E-state index in [1.54, 1.807) is 0 Å². The number of carboxylic acids is 1. The second kappa shape index (κ2) is 9.92. The first kappa shape index (κ1) is 24.1. The van der Waals surface area contributed by atoms with Gasteiger partial charge in [0, 0.05) is 24.2 Å². The second-order valence-electron chi connectivity index (χ2n) is 12.2. The first-order valence-electron chi connectivity index (χ1n) is 14.5. The Morgan fingerprint density at radius 1 is 0.972 bits per heavy atom. The Bertz CT molecular complexity index is 1150. The highest BCUT2D eigenvalue weighted by Gasteiger charge is 2.47. The average molecular weight is 492 g/mol. The molecule has 6 nitrogen and oxygen atoms in total. The van der Waals surface area contributed by atoms with E-state index < -0.39 is 11.9 Å². The number of nitrogens with zero attached hydrogens (tertiary/aromatic N) is 3. The van der Waals surface area contributed by atoms with E-state index in [0.29, 0.717) is 37.0 Å². The number of carbonyl (C=O) groups is 1. The highest BCUT2D eigenvalue weighted by Crippen LogP contribution is 2.48. The van der Waals surface area contributed by atoms with Crippen LogP contribution in [0.5, 0.6) is 0 Å². The summed E-state index contributed by atoms with van der Waals surface area (Å²) in [7, 11) is 0. The topological polar surface area (TPSA) is 75.4 Å². The molecular formula is C30H41N3O3. The van der Waals surface area contributed by atoms with Crippen LogP contribution in [-0.4, -0.2) is 43.7 Å². The molecule has 4 aliphatic rings. The molecule has 2 aromatic rings. The lowest BCUT2D eigenvalue weighted by Gasteiger charge is -2.49. The number of carboxylic acid groups (broad SMARTS) is 1. The SMILES string of the molecule is CCC(CCc1nc2ccccc2n(C2CC3CC[C@H](C2)N3C2CC3CCCC(C3)C2)c1=O)C(=O)O. The van der Waals surface area contributed by atoms with Crippen LogP contribution in [-0.2, 0) is 11.2 Å². The molecule has 0 amide bonds. The lowest BCUT2D eigenvalue weighted by Crippen LogP contribution is -2.52. The van der Waals surface area contributed by atoms with Crippen LogP contribution in [0.1, 0.15) is 95.7 Å².